The standard InChI is InChI=1S/C10H16N2O3/c1-4-15-12-7-5-6-8(13-2)9(11)10(7)14-3/h5-6,12H,4,11H2,1-3H3. The molecule has 15 heavy (non-hydrogen) atoms. The highest BCUT2D eigenvalue weighted by molar-refractivity contribution is 5.74. The van der Waals surface area contributed by atoms with Gasteiger partial charge in [0.05, 0.1) is 20.8 Å². The van der Waals surface area contributed by atoms with Crippen LogP contribution in [-0.2, 0) is 4.84 Å². The number of ether oxygens (including phenoxy) is 2. The molecule has 84 valence electrons. The molecule has 0 atom stereocenters. The van der Waals surface area contributed by atoms with Gasteiger partial charge in [-0.25, -0.2) is 0 Å². The van der Waals surface area contributed by atoms with Crippen molar-refractivity contribution in [2.45, 2.75) is 6.92 Å². The molecule has 0 unspecified atom stereocenters. The lowest BCUT2D eigenvalue weighted by Crippen LogP contribution is -2.04. The summed E-state index contributed by atoms with van der Waals surface area (Å²) in [7, 11) is 3.10. The van der Waals surface area contributed by atoms with Crippen LogP contribution in [0.4, 0.5) is 11.4 Å². The van der Waals surface area contributed by atoms with Crippen molar-refractivity contribution in [2.75, 3.05) is 32.0 Å². The van der Waals surface area contributed by atoms with Crippen molar-refractivity contribution in [2.24, 2.45) is 0 Å². The zero-order valence-corrected chi connectivity index (χ0v) is 9.16. The van der Waals surface area contributed by atoms with Crippen molar-refractivity contribution >= 4 is 11.4 Å². The smallest absolute Gasteiger partial charge is 0.170 e. The Labute approximate surface area is 89.1 Å². The van der Waals surface area contributed by atoms with Crippen LogP contribution in [0.5, 0.6) is 11.5 Å². The summed E-state index contributed by atoms with van der Waals surface area (Å²) in [4.78, 5) is 5.06. The molecule has 0 aromatic heterocycles. The summed E-state index contributed by atoms with van der Waals surface area (Å²) in [5.74, 6) is 1.09. The Bertz CT molecular complexity index is 329. The average molecular weight is 212 g/mol. The minimum atomic E-state index is 0.449. The van der Waals surface area contributed by atoms with Gasteiger partial charge < -0.3 is 15.2 Å². The SMILES string of the molecule is CCONc1ccc(OC)c(N)c1OC. The van der Waals surface area contributed by atoms with Gasteiger partial charge in [-0.1, -0.05) is 0 Å². The summed E-state index contributed by atoms with van der Waals surface area (Å²) in [6, 6.07) is 3.53. The van der Waals surface area contributed by atoms with Crippen LogP contribution in [0, 0.1) is 0 Å². The van der Waals surface area contributed by atoms with E-state index in [9.17, 15) is 0 Å². The van der Waals surface area contributed by atoms with Crippen molar-refractivity contribution in [1.29, 1.82) is 0 Å². The highest BCUT2D eigenvalue weighted by Crippen LogP contribution is 2.37. The molecule has 0 saturated carbocycles. The van der Waals surface area contributed by atoms with Crippen molar-refractivity contribution in [3.05, 3.63) is 12.1 Å². The normalized spacial score (nSPS) is 9.80. The molecule has 0 bridgehead atoms. The predicted octanol–water partition coefficient (Wildman–Crippen LogP) is 1.65. The molecular formula is C10H16N2O3. The number of benzene rings is 1. The van der Waals surface area contributed by atoms with Gasteiger partial charge in [0.25, 0.3) is 0 Å². The number of hydrogen-bond donors (Lipinski definition) is 2. The number of rotatable bonds is 5. The quantitative estimate of drug-likeness (QED) is 0.574. The third-order valence-corrected chi connectivity index (χ3v) is 1.91. The fourth-order valence-corrected chi connectivity index (χ4v) is 1.21. The molecule has 0 radical (unpaired) electrons. The van der Waals surface area contributed by atoms with Crippen LogP contribution in [0.15, 0.2) is 12.1 Å². The third kappa shape index (κ3) is 2.44. The molecule has 0 spiro atoms. The van der Waals surface area contributed by atoms with Crippen LogP contribution >= 0.6 is 0 Å². The van der Waals surface area contributed by atoms with E-state index < -0.39 is 0 Å². The Hall–Kier alpha value is -1.62. The number of hydrogen-bond acceptors (Lipinski definition) is 5. The second kappa shape index (κ2) is 5.31. The Kier molecular flexibility index (Phi) is 4.05. The Morgan fingerprint density at radius 1 is 1.27 bits per heavy atom. The number of nitrogen functional groups attached to an aromatic ring is 1. The molecule has 0 saturated heterocycles. The lowest BCUT2D eigenvalue weighted by Gasteiger charge is -2.14. The first kappa shape index (κ1) is 11.5. The van der Waals surface area contributed by atoms with E-state index in [0.717, 1.165) is 0 Å². The van der Waals surface area contributed by atoms with Gasteiger partial charge in [0.1, 0.15) is 17.1 Å². The van der Waals surface area contributed by atoms with Crippen molar-refractivity contribution in [1.82, 2.24) is 0 Å². The fourth-order valence-electron chi connectivity index (χ4n) is 1.21. The van der Waals surface area contributed by atoms with Crippen LogP contribution in [0.3, 0.4) is 0 Å². The first-order chi connectivity index (χ1) is 7.24. The number of anilines is 2. The first-order valence-electron chi connectivity index (χ1n) is 4.62. The highest BCUT2D eigenvalue weighted by Gasteiger charge is 2.11. The monoisotopic (exact) mass is 212 g/mol. The van der Waals surface area contributed by atoms with E-state index in [1.807, 2.05) is 6.92 Å². The minimum Gasteiger partial charge on any atom is -0.494 e. The molecule has 0 fully saturated rings. The second-order valence-electron chi connectivity index (χ2n) is 2.80. The van der Waals surface area contributed by atoms with E-state index in [1.165, 1.54) is 0 Å². The maximum Gasteiger partial charge on any atom is 0.170 e. The maximum atomic E-state index is 5.83. The summed E-state index contributed by atoms with van der Waals surface area (Å²) in [6.45, 7) is 2.43. The van der Waals surface area contributed by atoms with E-state index in [-0.39, 0.29) is 0 Å². The summed E-state index contributed by atoms with van der Waals surface area (Å²) in [5, 5.41) is 0. The molecule has 1 aromatic carbocycles. The molecule has 1 rings (SSSR count). The zero-order valence-electron chi connectivity index (χ0n) is 9.16. The van der Waals surface area contributed by atoms with Gasteiger partial charge in [-0.05, 0) is 19.1 Å². The van der Waals surface area contributed by atoms with Gasteiger partial charge in [0.15, 0.2) is 5.75 Å². The van der Waals surface area contributed by atoms with Gasteiger partial charge in [0.2, 0.25) is 0 Å². The van der Waals surface area contributed by atoms with Crippen LogP contribution in [0.2, 0.25) is 0 Å². The fraction of sp³-hybridized carbons (Fsp3) is 0.400. The molecule has 0 aliphatic rings. The summed E-state index contributed by atoms with van der Waals surface area (Å²) >= 11 is 0. The summed E-state index contributed by atoms with van der Waals surface area (Å²) < 4.78 is 10.2. The highest BCUT2D eigenvalue weighted by atomic mass is 16.6. The van der Waals surface area contributed by atoms with E-state index in [4.69, 9.17) is 20.0 Å². The van der Waals surface area contributed by atoms with Crippen molar-refractivity contribution < 1.29 is 14.3 Å². The van der Waals surface area contributed by atoms with Crippen molar-refractivity contribution in [3.8, 4) is 11.5 Å². The molecule has 0 amide bonds. The Balaban J connectivity index is 3.01. The van der Waals surface area contributed by atoms with Gasteiger partial charge in [-0.15, -0.1) is 0 Å². The van der Waals surface area contributed by atoms with E-state index >= 15 is 0 Å². The lowest BCUT2D eigenvalue weighted by atomic mass is 10.2. The first-order valence-corrected chi connectivity index (χ1v) is 4.62. The van der Waals surface area contributed by atoms with Crippen LogP contribution in [0.1, 0.15) is 6.92 Å². The largest absolute Gasteiger partial charge is 0.494 e. The number of nitrogens with two attached hydrogens (primary N) is 1. The predicted molar refractivity (Wildman–Crippen MR) is 59.2 cm³/mol. The topological polar surface area (TPSA) is 65.7 Å². The Morgan fingerprint density at radius 2 is 2.00 bits per heavy atom. The molecule has 3 N–H and O–H groups in total. The van der Waals surface area contributed by atoms with Crippen LogP contribution in [-0.4, -0.2) is 20.8 Å². The zero-order chi connectivity index (χ0) is 11.3. The number of nitrogens with one attached hydrogen (secondary N) is 1. The second-order valence-corrected chi connectivity index (χ2v) is 2.80. The Morgan fingerprint density at radius 3 is 2.53 bits per heavy atom. The summed E-state index contributed by atoms with van der Waals surface area (Å²) in [5.41, 5.74) is 9.70. The van der Waals surface area contributed by atoms with E-state index in [0.29, 0.717) is 29.5 Å². The molecule has 0 aliphatic heterocycles. The molecular weight excluding hydrogens is 196 g/mol. The lowest BCUT2D eigenvalue weighted by molar-refractivity contribution is 0.209. The van der Waals surface area contributed by atoms with E-state index in [2.05, 4.69) is 5.48 Å². The molecule has 5 nitrogen and oxygen atoms in total. The van der Waals surface area contributed by atoms with Crippen LogP contribution in [0.25, 0.3) is 0 Å². The van der Waals surface area contributed by atoms with Gasteiger partial charge in [-0.2, -0.15) is 0 Å². The maximum absolute atomic E-state index is 5.83. The van der Waals surface area contributed by atoms with Gasteiger partial charge in [-0.3, -0.25) is 10.3 Å². The minimum absolute atomic E-state index is 0.449. The molecule has 0 heterocycles. The van der Waals surface area contributed by atoms with Crippen LogP contribution < -0.4 is 20.7 Å². The van der Waals surface area contributed by atoms with E-state index in [1.54, 1.807) is 26.4 Å². The molecule has 1 aromatic rings. The average Bonchev–Trinajstić information content (AvgIpc) is 2.26. The van der Waals surface area contributed by atoms with Crippen molar-refractivity contribution in [3.63, 3.8) is 0 Å². The molecule has 0 aliphatic carbocycles. The van der Waals surface area contributed by atoms with Gasteiger partial charge >= 0.3 is 0 Å². The summed E-state index contributed by atoms with van der Waals surface area (Å²) in [6.07, 6.45) is 0. The number of methoxy groups -OCH3 is 2. The van der Waals surface area contributed by atoms with Gasteiger partial charge in [0, 0.05) is 0 Å². The molecule has 5 heteroatoms. The third-order valence-electron chi connectivity index (χ3n) is 1.91.